The van der Waals surface area contributed by atoms with E-state index in [1.165, 1.54) is 36.0 Å². The van der Waals surface area contributed by atoms with Gasteiger partial charge in [-0.25, -0.2) is 0 Å². The first-order valence-electron chi connectivity index (χ1n) is 13.7. The largest absolute Gasteiger partial charge is 0.465 e. The fourth-order valence-electron chi connectivity index (χ4n) is 6.37. The van der Waals surface area contributed by atoms with Gasteiger partial charge < -0.3 is 9.32 Å². The predicted molar refractivity (Wildman–Crippen MR) is 145 cm³/mol. The SMILES string of the molecule is Cc1ccccc1C1CN(Cc2cc(C)c(C)o2)CC1CN(C(=O)c1ccccc1)C1CCCCC1. The van der Waals surface area contributed by atoms with E-state index in [-0.39, 0.29) is 5.91 Å². The summed E-state index contributed by atoms with van der Waals surface area (Å²) in [5.41, 5.74) is 4.80. The van der Waals surface area contributed by atoms with E-state index in [1.54, 1.807) is 0 Å². The summed E-state index contributed by atoms with van der Waals surface area (Å²) in [5, 5.41) is 0. The zero-order valence-corrected chi connectivity index (χ0v) is 22.1. The van der Waals surface area contributed by atoms with Crippen LogP contribution in [0.15, 0.2) is 65.1 Å². The molecule has 1 saturated heterocycles. The molecule has 2 unspecified atom stereocenters. The lowest BCUT2D eigenvalue weighted by molar-refractivity contribution is 0.0587. The Hall–Kier alpha value is -2.85. The third-order valence-electron chi connectivity index (χ3n) is 8.43. The predicted octanol–water partition coefficient (Wildman–Crippen LogP) is 6.90. The molecule has 0 N–H and O–H groups in total. The minimum Gasteiger partial charge on any atom is -0.465 e. The number of benzene rings is 2. The number of carbonyl (C=O) groups is 1. The Labute approximate surface area is 216 Å². The number of nitrogens with zero attached hydrogens (tertiary/aromatic N) is 2. The molecule has 2 aliphatic rings. The van der Waals surface area contributed by atoms with Crippen LogP contribution >= 0.6 is 0 Å². The van der Waals surface area contributed by atoms with Crippen molar-refractivity contribution in [1.82, 2.24) is 9.80 Å². The molecular weight excluding hydrogens is 444 g/mol. The molecule has 0 spiro atoms. The Morgan fingerprint density at radius 3 is 2.33 bits per heavy atom. The molecule has 1 saturated carbocycles. The minimum absolute atomic E-state index is 0.196. The number of rotatable bonds is 7. The van der Waals surface area contributed by atoms with Crippen molar-refractivity contribution in [2.75, 3.05) is 19.6 Å². The van der Waals surface area contributed by atoms with E-state index in [0.717, 1.165) is 56.1 Å². The molecule has 1 amide bonds. The quantitative estimate of drug-likeness (QED) is 0.366. The summed E-state index contributed by atoms with van der Waals surface area (Å²) >= 11 is 0. The molecule has 1 aromatic heterocycles. The second-order valence-electron chi connectivity index (χ2n) is 11.0. The molecule has 0 radical (unpaired) electrons. The van der Waals surface area contributed by atoms with Crippen LogP contribution in [0.5, 0.6) is 0 Å². The van der Waals surface area contributed by atoms with Crippen LogP contribution in [-0.4, -0.2) is 41.4 Å². The van der Waals surface area contributed by atoms with Crippen molar-refractivity contribution < 1.29 is 9.21 Å². The molecule has 2 heterocycles. The number of hydrogen-bond donors (Lipinski definition) is 0. The summed E-state index contributed by atoms with van der Waals surface area (Å²) in [6, 6.07) is 21.2. The van der Waals surface area contributed by atoms with Crippen LogP contribution in [0, 0.1) is 26.7 Å². The maximum absolute atomic E-state index is 13.9. The van der Waals surface area contributed by atoms with Gasteiger partial charge in [0.25, 0.3) is 5.91 Å². The highest BCUT2D eigenvalue weighted by Gasteiger charge is 2.38. The second kappa shape index (κ2) is 11.0. The third kappa shape index (κ3) is 5.44. The van der Waals surface area contributed by atoms with Crippen LogP contribution in [0.4, 0.5) is 0 Å². The van der Waals surface area contributed by atoms with E-state index in [1.807, 2.05) is 37.3 Å². The average Bonchev–Trinajstić information content (AvgIpc) is 3.44. The third-order valence-corrected chi connectivity index (χ3v) is 8.43. The van der Waals surface area contributed by atoms with E-state index in [2.05, 4.69) is 54.0 Å². The summed E-state index contributed by atoms with van der Waals surface area (Å²) in [5.74, 6) is 3.03. The molecule has 1 aliphatic carbocycles. The highest BCUT2D eigenvalue weighted by Crippen LogP contribution is 2.37. The van der Waals surface area contributed by atoms with Crippen LogP contribution in [-0.2, 0) is 6.54 Å². The number of carbonyl (C=O) groups excluding carboxylic acids is 1. The van der Waals surface area contributed by atoms with Gasteiger partial charge in [0.15, 0.2) is 0 Å². The summed E-state index contributed by atoms with van der Waals surface area (Å²) in [6.45, 7) is 9.98. The van der Waals surface area contributed by atoms with Crippen molar-refractivity contribution in [3.8, 4) is 0 Å². The van der Waals surface area contributed by atoms with Crippen molar-refractivity contribution in [2.45, 2.75) is 71.4 Å². The Bertz CT molecular complexity index is 1140. The topological polar surface area (TPSA) is 36.7 Å². The summed E-state index contributed by atoms with van der Waals surface area (Å²) in [4.78, 5) is 18.6. The van der Waals surface area contributed by atoms with Crippen LogP contribution in [0.25, 0.3) is 0 Å². The number of amides is 1. The molecular formula is C32H40N2O2. The standard InChI is InChI=1S/C32H40N2O2/c1-23-12-10-11-17-30(23)31-22-33(21-29-18-24(2)25(3)36-29)19-27(31)20-34(28-15-8-5-9-16-28)32(35)26-13-6-4-7-14-26/h4,6-7,10-14,17-18,27-28,31H,5,8-9,15-16,19-22H2,1-3H3. The van der Waals surface area contributed by atoms with Crippen LogP contribution in [0.2, 0.25) is 0 Å². The first kappa shape index (κ1) is 24.8. The van der Waals surface area contributed by atoms with Gasteiger partial charge in [-0.15, -0.1) is 0 Å². The van der Waals surface area contributed by atoms with Crippen molar-refractivity contribution in [2.24, 2.45) is 5.92 Å². The van der Waals surface area contributed by atoms with Gasteiger partial charge in [0, 0.05) is 37.2 Å². The summed E-state index contributed by atoms with van der Waals surface area (Å²) in [7, 11) is 0. The number of likely N-dealkylation sites (tertiary alicyclic amines) is 1. The van der Waals surface area contributed by atoms with E-state index in [4.69, 9.17) is 4.42 Å². The molecule has 4 heteroatoms. The minimum atomic E-state index is 0.196. The summed E-state index contributed by atoms with van der Waals surface area (Å²) in [6.07, 6.45) is 5.97. The van der Waals surface area contributed by atoms with Crippen molar-refractivity contribution in [3.05, 3.63) is 94.4 Å². The van der Waals surface area contributed by atoms with E-state index in [9.17, 15) is 4.79 Å². The maximum atomic E-state index is 13.9. The Morgan fingerprint density at radius 1 is 0.917 bits per heavy atom. The molecule has 2 atom stereocenters. The molecule has 36 heavy (non-hydrogen) atoms. The lowest BCUT2D eigenvalue weighted by Gasteiger charge is -2.37. The Morgan fingerprint density at radius 2 is 1.64 bits per heavy atom. The molecule has 3 aromatic rings. The van der Waals surface area contributed by atoms with Crippen LogP contribution < -0.4 is 0 Å². The molecule has 4 nitrogen and oxygen atoms in total. The average molecular weight is 485 g/mol. The van der Waals surface area contributed by atoms with Crippen molar-refractivity contribution in [3.63, 3.8) is 0 Å². The van der Waals surface area contributed by atoms with Gasteiger partial charge in [-0.1, -0.05) is 61.7 Å². The van der Waals surface area contributed by atoms with Gasteiger partial charge in [-0.2, -0.15) is 0 Å². The van der Waals surface area contributed by atoms with Gasteiger partial charge >= 0.3 is 0 Å². The van der Waals surface area contributed by atoms with E-state index in [0.29, 0.717) is 17.9 Å². The highest BCUT2D eigenvalue weighted by molar-refractivity contribution is 5.94. The molecule has 190 valence electrons. The van der Waals surface area contributed by atoms with E-state index < -0.39 is 0 Å². The molecule has 0 bridgehead atoms. The first-order chi connectivity index (χ1) is 17.5. The molecule has 2 aromatic carbocycles. The second-order valence-corrected chi connectivity index (χ2v) is 11.0. The van der Waals surface area contributed by atoms with Gasteiger partial charge in [0.05, 0.1) is 6.54 Å². The first-order valence-corrected chi connectivity index (χ1v) is 13.7. The van der Waals surface area contributed by atoms with E-state index >= 15 is 0 Å². The number of aryl methyl sites for hydroxylation is 3. The monoisotopic (exact) mass is 484 g/mol. The fourth-order valence-corrected chi connectivity index (χ4v) is 6.37. The highest BCUT2D eigenvalue weighted by atomic mass is 16.3. The fraction of sp³-hybridized carbons (Fsp3) is 0.469. The van der Waals surface area contributed by atoms with Crippen molar-refractivity contribution in [1.29, 1.82) is 0 Å². The van der Waals surface area contributed by atoms with Crippen LogP contribution in [0.3, 0.4) is 0 Å². The lowest BCUT2D eigenvalue weighted by atomic mass is 9.85. The number of hydrogen-bond acceptors (Lipinski definition) is 3. The van der Waals surface area contributed by atoms with Crippen LogP contribution in [0.1, 0.15) is 76.6 Å². The maximum Gasteiger partial charge on any atom is 0.254 e. The lowest BCUT2D eigenvalue weighted by Crippen LogP contribution is -2.45. The zero-order valence-electron chi connectivity index (χ0n) is 22.1. The zero-order chi connectivity index (χ0) is 25.1. The van der Waals surface area contributed by atoms with Gasteiger partial charge in [0.2, 0.25) is 0 Å². The van der Waals surface area contributed by atoms with Gasteiger partial charge in [-0.3, -0.25) is 9.69 Å². The normalized spacial score (nSPS) is 21.1. The molecule has 2 fully saturated rings. The van der Waals surface area contributed by atoms with Crippen molar-refractivity contribution >= 4 is 5.91 Å². The van der Waals surface area contributed by atoms with Gasteiger partial charge in [0.1, 0.15) is 11.5 Å². The number of furan rings is 1. The van der Waals surface area contributed by atoms with Gasteiger partial charge in [-0.05, 0) is 74.4 Å². The molecule has 1 aliphatic heterocycles. The Balaban J connectivity index is 1.43. The Kier molecular flexibility index (Phi) is 7.62. The smallest absolute Gasteiger partial charge is 0.254 e. The molecule has 5 rings (SSSR count). The summed E-state index contributed by atoms with van der Waals surface area (Å²) < 4.78 is 6.04.